The zero-order chi connectivity index (χ0) is 12.3. The van der Waals surface area contributed by atoms with Gasteiger partial charge in [0.15, 0.2) is 0 Å². The van der Waals surface area contributed by atoms with E-state index in [0.717, 1.165) is 0 Å². The molecule has 6 heteroatoms. The minimum atomic E-state index is -1.12. The van der Waals surface area contributed by atoms with Crippen molar-refractivity contribution < 1.29 is 19.6 Å². The van der Waals surface area contributed by atoms with Crippen molar-refractivity contribution in [1.82, 2.24) is 0 Å². The van der Waals surface area contributed by atoms with Gasteiger partial charge in [0.2, 0.25) is 0 Å². The van der Waals surface area contributed by atoms with Crippen molar-refractivity contribution in [3.63, 3.8) is 0 Å². The first-order valence-electron chi connectivity index (χ1n) is 4.52. The van der Waals surface area contributed by atoms with E-state index in [9.17, 15) is 20.0 Å². The van der Waals surface area contributed by atoms with Gasteiger partial charge < -0.3 is 9.84 Å². The van der Waals surface area contributed by atoms with E-state index in [-0.39, 0.29) is 16.8 Å². The number of aliphatic hydroxyl groups is 1. The molecule has 0 aliphatic heterocycles. The number of hydrogen-bond donors (Lipinski definition) is 1. The Bertz CT molecular complexity index is 427. The molecule has 1 aromatic rings. The number of nitro groups is 1. The van der Waals surface area contributed by atoms with E-state index in [1.165, 1.54) is 32.2 Å². The lowest BCUT2D eigenvalue weighted by atomic mass is 10.0. The zero-order valence-corrected chi connectivity index (χ0v) is 8.84. The summed E-state index contributed by atoms with van der Waals surface area (Å²) in [7, 11) is 1.17. The van der Waals surface area contributed by atoms with Crippen molar-refractivity contribution in [3.8, 4) is 0 Å². The lowest BCUT2D eigenvalue weighted by Crippen LogP contribution is -2.10. The number of methoxy groups -OCH3 is 1. The van der Waals surface area contributed by atoms with E-state index in [0.29, 0.717) is 0 Å². The van der Waals surface area contributed by atoms with Crippen LogP contribution in [0.2, 0.25) is 0 Å². The quantitative estimate of drug-likeness (QED) is 0.477. The molecule has 0 aliphatic rings. The van der Waals surface area contributed by atoms with Crippen LogP contribution in [-0.4, -0.2) is 23.1 Å². The van der Waals surface area contributed by atoms with Crippen molar-refractivity contribution in [1.29, 1.82) is 0 Å². The predicted octanol–water partition coefficient (Wildman–Crippen LogP) is 1.43. The highest BCUT2D eigenvalue weighted by atomic mass is 16.6. The molecule has 1 atom stereocenters. The molecule has 0 saturated heterocycles. The second-order valence-electron chi connectivity index (χ2n) is 3.16. The first-order chi connectivity index (χ1) is 7.49. The molecule has 0 heterocycles. The van der Waals surface area contributed by atoms with Gasteiger partial charge >= 0.3 is 5.97 Å². The first-order valence-corrected chi connectivity index (χ1v) is 4.52. The Kier molecular flexibility index (Phi) is 3.57. The monoisotopic (exact) mass is 225 g/mol. The molecule has 1 unspecified atom stereocenters. The van der Waals surface area contributed by atoms with Crippen molar-refractivity contribution in [2.24, 2.45) is 0 Å². The average molecular weight is 225 g/mol. The smallest absolute Gasteiger partial charge is 0.338 e. The summed E-state index contributed by atoms with van der Waals surface area (Å²) in [6.07, 6.45) is -1.12. The van der Waals surface area contributed by atoms with E-state index < -0.39 is 17.0 Å². The molecule has 0 aromatic heterocycles. The molecular formula is C10H11NO5. The number of esters is 1. The number of nitro benzene ring substituents is 1. The van der Waals surface area contributed by atoms with Crippen molar-refractivity contribution >= 4 is 11.7 Å². The molecule has 86 valence electrons. The molecule has 0 bridgehead atoms. The fourth-order valence-corrected chi connectivity index (χ4v) is 1.44. The van der Waals surface area contributed by atoms with Gasteiger partial charge in [-0.1, -0.05) is 6.07 Å². The van der Waals surface area contributed by atoms with Gasteiger partial charge in [0.1, 0.15) is 0 Å². The normalized spacial score (nSPS) is 11.9. The number of benzene rings is 1. The van der Waals surface area contributed by atoms with Crippen LogP contribution in [0.4, 0.5) is 5.69 Å². The maximum atomic E-state index is 11.4. The largest absolute Gasteiger partial charge is 0.465 e. The second kappa shape index (κ2) is 4.71. The van der Waals surface area contributed by atoms with Gasteiger partial charge in [-0.2, -0.15) is 0 Å². The molecule has 0 radical (unpaired) electrons. The summed E-state index contributed by atoms with van der Waals surface area (Å²) >= 11 is 0. The Morgan fingerprint density at radius 1 is 1.56 bits per heavy atom. The van der Waals surface area contributed by atoms with Gasteiger partial charge in [0.05, 0.1) is 29.3 Å². The Balaban J connectivity index is 3.44. The van der Waals surface area contributed by atoms with Gasteiger partial charge in [-0.15, -0.1) is 0 Å². The predicted molar refractivity (Wildman–Crippen MR) is 55.1 cm³/mol. The third kappa shape index (κ3) is 2.17. The Hall–Kier alpha value is -1.95. The summed E-state index contributed by atoms with van der Waals surface area (Å²) in [5, 5.41) is 20.2. The highest BCUT2D eigenvalue weighted by Crippen LogP contribution is 2.28. The van der Waals surface area contributed by atoms with Crippen LogP contribution in [-0.2, 0) is 4.74 Å². The molecule has 6 nitrogen and oxygen atoms in total. The summed E-state index contributed by atoms with van der Waals surface area (Å²) in [6.45, 7) is 1.36. The molecule has 1 rings (SSSR count). The Labute approximate surface area is 91.6 Å². The summed E-state index contributed by atoms with van der Waals surface area (Å²) in [5.41, 5.74) is -0.316. The van der Waals surface area contributed by atoms with Gasteiger partial charge in [-0.25, -0.2) is 4.79 Å². The molecule has 16 heavy (non-hydrogen) atoms. The summed E-state index contributed by atoms with van der Waals surface area (Å²) in [4.78, 5) is 21.4. The zero-order valence-electron chi connectivity index (χ0n) is 8.84. The molecule has 0 saturated carbocycles. The summed E-state index contributed by atoms with van der Waals surface area (Å²) in [6, 6.07) is 3.98. The van der Waals surface area contributed by atoms with Crippen LogP contribution in [0.3, 0.4) is 0 Å². The number of nitrogens with zero attached hydrogens (tertiary/aromatic N) is 1. The van der Waals surface area contributed by atoms with E-state index >= 15 is 0 Å². The van der Waals surface area contributed by atoms with Crippen molar-refractivity contribution in [2.45, 2.75) is 13.0 Å². The minimum Gasteiger partial charge on any atom is -0.465 e. The molecule has 0 amide bonds. The maximum Gasteiger partial charge on any atom is 0.338 e. The van der Waals surface area contributed by atoms with Crippen LogP contribution in [0.1, 0.15) is 28.9 Å². The topological polar surface area (TPSA) is 89.7 Å². The lowest BCUT2D eigenvalue weighted by Gasteiger charge is -2.10. The third-order valence-corrected chi connectivity index (χ3v) is 2.10. The van der Waals surface area contributed by atoms with Gasteiger partial charge in [0.25, 0.3) is 5.69 Å². The minimum absolute atomic E-state index is 0.00620. The standard InChI is InChI=1S/C10H11NO5/c1-6(12)9-7(10(13)16-2)4-3-5-8(9)11(14)15/h3-6,12H,1-2H3. The van der Waals surface area contributed by atoms with Crippen LogP contribution < -0.4 is 0 Å². The molecule has 1 aromatic carbocycles. The highest BCUT2D eigenvalue weighted by Gasteiger charge is 2.24. The average Bonchev–Trinajstić information content (AvgIpc) is 2.26. The van der Waals surface area contributed by atoms with Crippen LogP contribution in [0.15, 0.2) is 18.2 Å². The third-order valence-electron chi connectivity index (χ3n) is 2.10. The fourth-order valence-electron chi connectivity index (χ4n) is 1.44. The van der Waals surface area contributed by atoms with Crippen LogP contribution in [0.25, 0.3) is 0 Å². The summed E-state index contributed by atoms with van der Waals surface area (Å²) < 4.78 is 4.49. The number of carbonyl (C=O) groups is 1. The lowest BCUT2D eigenvalue weighted by molar-refractivity contribution is -0.386. The van der Waals surface area contributed by atoms with Gasteiger partial charge in [-0.05, 0) is 13.0 Å². The summed E-state index contributed by atoms with van der Waals surface area (Å²) in [5.74, 6) is -0.709. The molecular weight excluding hydrogens is 214 g/mol. The van der Waals surface area contributed by atoms with Crippen LogP contribution >= 0.6 is 0 Å². The SMILES string of the molecule is COC(=O)c1cccc([N+](=O)[O-])c1C(C)O. The number of hydrogen-bond acceptors (Lipinski definition) is 5. The van der Waals surface area contributed by atoms with Crippen LogP contribution in [0.5, 0.6) is 0 Å². The molecule has 0 spiro atoms. The van der Waals surface area contributed by atoms with E-state index in [1.807, 2.05) is 0 Å². The number of ether oxygens (including phenoxy) is 1. The van der Waals surface area contributed by atoms with Crippen molar-refractivity contribution in [3.05, 3.63) is 39.4 Å². The Morgan fingerprint density at radius 2 is 2.19 bits per heavy atom. The first kappa shape index (κ1) is 12.1. The number of carbonyl (C=O) groups excluding carboxylic acids is 1. The second-order valence-corrected chi connectivity index (χ2v) is 3.16. The van der Waals surface area contributed by atoms with E-state index in [1.54, 1.807) is 0 Å². The van der Waals surface area contributed by atoms with E-state index in [2.05, 4.69) is 4.74 Å². The van der Waals surface area contributed by atoms with E-state index in [4.69, 9.17) is 0 Å². The fraction of sp³-hybridized carbons (Fsp3) is 0.300. The molecule has 0 fully saturated rings. The number of rotatable bonds is 3. The van der Waals surface area contributed by atoms with Crippen molar-refractivity contribution in [2.75, 3.05) is 7.11 Å². The Morgan fingerprint density at radius 3 is 2.62 bits per heavy atom. The molecule has 1 N–H and O–H groups in total. The van der Waals surface area contributed by atoms with Gasteiger partial charge in [-0.3, -0.25) is 10.1 Å². The maximum absolute atomic E-state index is 11.4. The molecule has 0 aliphatic carbocycles. The van der Waals surface area contributed by atoms with Crippen LogP contribution in [0, 0.1) is 10.1 Å². The highest BCUT2D eigenvalue weighted by molar-refractivity contribution is 5.92. The van der Waals surface area contributed by atoms with Gasteiger partial charge in [0, 0.05) is 6.07 Å². The number of aliphatic hydroxyl groups excluding tert-OH is 1.